The van der Waals surface area contributed by atoms with Crippen molar-refractivity contribution in [1.29, 1.82) is 0 Å². The van der Waals surface area contributed by atoms with Gasteiger partial charge >= 0.3 is 0 Å². The van der Waals surface area contributed by atoms with Crippen molar-refractivity contribution in [3.8, 4) is 0 Å². The third-order valence-electron chi connectivity index (χ3n) is 4.69. The van der Waals surface area contributed by atoms with Crippen molar-refractivity contribution < 1.29 is 9.59 Å². The van der Waals surface area contributed by atoms with E-state index in [1.165, 1.54) is 0 Å². The number of rotatable bonds is 2. The summed E-state index contributed by atoms with van der Waals surface area (Å²) in [6, 6.07) is 3.37. The molecule has 1 unspecified atom stereocenters. The van der Waals surface area contributed by atoms with E-state index < -0.39 is 11.6 Å². The third-order valence-corrected chi connectivity index (χ3v) is 4.69. The van der Waals surface area contributed by atoms with Gasteiger partial charge < -0.3 is 10.2 Å². The van der Waals surface area contributed by atoms with E-state index >= 15 is 0 Å². The monoisotopic (exact) mass is 287 g/mol. The van der Waals surface area contributed by atoms with Crippen molar-refractivity contribution in [2.45, 2.75) is 57.2 Å². The third kappa shape index (κ3) is 2.41. The van der Waals surface area contributed by atoms with Crippen molar-refractivity contribution in [2.24, 2.45) is 0 Å². The summed E-state index contributed by atoms with van der Waals surface area (Å²) in [4.78, 5) is 31.1. The minimum atomic E-state index is -0.648. The van der Waals surface area contributed by atoms with Gasteiger partial charge in [-0.15, -0.1) is 0 Å². The summed E-state index contributed by atoms with van der Waals surface area (Å²) in [5.74, 6) is 0.0386. The maximum absolute atomic E-state index is 12.6. The quantitative estimate of drug-likeness (QED) is 0.899. The van der Waals surface area contributed by atoms with Gasteiger partial charge in [0.15, 0.2) is 0 Å². The van der Waals surface area contributed by atoms with Gasteiger partial charge in [0.1, 0.15) is 11.6 Å². The minimum Gasteiger partial charge on any atom is -0.343 e. The number of hydrogen-bond acceptors (Lipinski definition) is 3. The second kappa shape index (κ2) is 5.47. The van der Waals surface area contributed by atoms with E-state index in [0.717, 1.165) is 37.7 Å². The standard InChI is InChI=1S/C16H21N3O2/c1-12-14(20)19(11-13-5-9-17-10-6-13)16(15(21)18-12)7-3-2-4-8-16/h5-6,9-10,12H,2-4,7-8,11H2,1H3,(H,18,21). The van der Waals surface area contributed by atoms with Crippen LogP contribution >= 0.6 is 0 Å². The molecule has 21 heavy (non-hydrogen) atoms. The minimum absolute atomic E-state index is 0.0170. The Kier molecular flexibility index (Phi) is 3.66. The Morgan fingerprint density at radius 3 is 2.57 bits per heavy atom. The molecule has 1 atom stereocenters. The molecule has 0 aromatic carbocycles. The number of nitrogens with one attached hydrogen (secondary N) is 1. The normalized spacial score (nSPS) is 25.0. The van der Waals surface area contributed by atoms with Crippen LogP contribution in [-0.2, 0) is 16.1 Å². The summed E-state index contributed by atoms with van der Waals surface area (Å²) >= 11 is 0. The first-order chi connectivity index (χ1) is 10.1. The zero-order chi connectivity index (χ0) is 14.9. The number of carbonyl (C=O) groups is 2. The van der Waals surface area contributed by atoms with Gasteiger partial charge in [-0.05, 0) is 37.5 Å². The lowest BCUT2D eigenvalue weighted by Gasteiger charge is -2.49. The molecule has 0 bridgehead atoms. The maximum Gasteiger partial charge on any atom is 0.246 e. The van der Waals surface area contributed by atoms with E-state index in [1.807, 2.05) is 17.0 Å². The van der Waals surface area contributed by atoms with Crippen LogP contribution in [0.2, 0.25) is 0 Å². The van der Waals surface area contributed by atoms with Crippen LogP contribution in [0.15, 0.2) is 24.5 Å². The lowest BCUT2D eigenvalue weighted by Crippen LogP contribution is -2.70. The van der Waals surface area contributed by atoms with Crippen molar-refractivity contribution in [3.05, 3.63) is 30.1 Å². The molecular weight excluding hydrogens is 266 g/mol. The van der Waals surface area contributed by atoms with Gasteiger partial charge in [0.05, 0.1) is 0 Å². The highest BCUT2D eigenvalue weighted by Gasteiger charge is 2.51. The molecule has 2 amide bonds. The fourth-order valence-electron chi connectivity index (χ4n) is 3.49. The van der Waals surface area contributed by atoms with E-state index in [4.69, 9.17) is 0 Å². The Balaban J connectivity index is 1.94. The molecule has 2 aliphatic rings. The first-order valence-electron chi connectivity index (χ1n) is 7.65. The van der Waals surface area contributed by atoms with Crippen LogP contribution in [0.4, 0.5) is 0 Å². The molecule has 5 nitrogen and oxygen atoms in total. The molecule has 3 rings (SSSR count). The Morgan fingerprint density at radius 2 is 1.90 bits per heavy atom. The van der Waals surface area contributed by atoms with Crippen LogP contribution in [0, 0.1) is 0 Å². The van der Waals surface area contributed by atoms with Gasteiger partial charge in [-0.1, -0.05) is 19.3 Å². The number of carbonyl (C=O) groups excluding carboxylic acids is 2. The molecule has 0 radical (unpaired) electrons. The molecule has 1 aliphatic heterocycles. The number of pyridine rings is 1. The van der Waals surface area contributed by atoms with Crippen LogP contribution < -0.4 is 5.32 Å². The van der Waals surface area contributed by atoms with Gasteiger partial charge in [-0.3, -0.25) is 14.6 Å². The molecule has 5 heteroatoms. The second-order valence-electron chi connectivity index (χ2n) is 6.07. The number of nitrogens with zero attached hydrogens (tertiary/aromatic N) is 2. The van der Waals surface area contributed by atoms with Crippen LogP contribution in [0.1, 0.15) is 44.6 Å². The van der Waals surface area contributed by atoms with Crippen molar-refractivity contribution in [2.75, 3.05) is 0 Å². The van der Waals surface area contributed by atoms with Crippen molar-refractivity contribution in [3.63, 3.8) is 0 Å². The molecule has 2 fully saturated rings. The summed E-state index contributed by atoms with van der Waals surface area (Å²) in [5.41, 5.74) is 0.371. The van der Waals surface area contributed by atoms with Gasteiger partial charge in [0.2, 0.25) is 11.8 Å². The average molecular weight is 287 g/mol. The summed E-state index contributed by atoms with van der Waals surface area (Å²) < 4.78 is 0. The van der Waals surface area contributed by atoms with E-state index in [9.17, 15) is 9.59 Å². The number of piperazine rings is 1. The van der Waals surface area contributed by atoms with Crippen molar-refractivity contribution in [1.82, 2.24) is 15.2 Å². The second-order valence-corrected chi connectivity index (χ2v) is 6.07. The first-order valence-corrected chi connectivity index (χ1v) is 7.65. The number of amides is 2. The van der Waals surface area contributed by atoms with E-state index in [0.29, 0.717) is 6.54 Å². The molecule has 1 aromatic rings. The summed E-state index contributed by atoms with van der Waals surface area (Å²) in [7, 11) is 0. The lowest BCUT2D eigenvalue weighted by atomic mass is 9.77. The molecule has 1 N–H and O–H groups in total. The fourth-order valence-corrected chi connectivity index (χ4v) is 3.49. The SMILES string of the molecule is CC1NC(=O)C2(CCCCC2)N(Cc2ccncc2)C1=O. The molecular formula is C16H21N3O2. The predicted octanol–water partition coefficient (Wildman–Crippen LogP) is 1.63. The first kappa shape index (κ1) is 14.0. The van der Waals surface area contributed by atoms with Crippen LogP contribution in [0.5, 0.6) is 0 Å². The fraction of sp³-hybridized carbons (Fsp3) is 0.562. The highest BCUT2D eigenvalue weighted by atomic mass is 16.2. The maximum atomic E-state index is 12.6. The predicted molar refractivity (Wildman–Crippen MR) is 78.2 cm³/mol. The molecule has 1 saturated carbocycles. The molecule has 2 heterocycles. The molecule has 1 spiro atoms. The van der Waals surface area contributed by atoms with Gasteiger partial charge in [-0.2, -0.15) is 0 Å². The summed E-state index contributed by atoms with van der Waals surface area (Å²) in [6.45, 7) is 2.24. The highest BCUT2D eigenvalue weighted by Crippen LogP contribution is 2.37. The highest BCUT2D eigenvalue weighted by molar-refractivity contribution is 5.99. The lowest BCUT2D eigenvalue weighted by molar-refractivity contribution is -0.160. The molecule has 112 valence electrons. The Hall–Kier alpha value is -1.91. The molecule has 1 saturated heterocycles. The van der Waals surface area contributed by atoms with Crippen molar-refractivity contribution >= 4 is 11.8 Å². The zero-order valence-electron chi connectivity index (χ0n) is 12.3. The van der Waals surface area contributed by atoms with Crippen LogP contribution in [0.25, 0.3) is 0 Å². The smallest absolute Gasteiger partial charge is 0.246 e. The Labute approximate surface area is 124 Å². The Bertz CT molecular complexity index is 538. The van der Waals surface area contributed by atoms with Gasteiger partial charge in [-0.25, -0.2) is 0 Å². The van der Waals surface area contributed by atoms with E-state index in [-0.39, 0.29) is 11.8 Å². The van der Waals surface area contributed by atoms with Crippen LogP contribution in [0.3, 0.4) is 0 Å². The largest absolute Gasteiger partial charge is 0.343 e. The molecule has 1 aromatic heterocycles. The summed E-state index contributed by atoms with van der Waals surface area (Å²) in [6.07, 6.45) is 8.12. The van der Waals surface area contributed by atoms with E-state index in [2.05, 4.69) is 10.3 Å². The number of aromatic nitrogens is 1. The topological polar surface area (TPSA) is 62.3 Å². The van der Waals surface area contributed by atoms with Gasteiger partial charge in [0.25, 0.3) is 0 Å². The van der Waals surface area contributed by atoms with Crippen LogP contribution in [-0.4, -0.2) is 33.3 Å². The van der Waals surface area contributed by atoms with E-state index in [1.54, 1.807) is 19.3 Å². The Morgan fingerprint density at radius 1 is 1.24 bits per heavy atom. The number of hydrogen-bond donors (Lipinski definition) is 1. The van der Waals surface area contributed by atoms with Gasteiger partial charge in [0, 0.05) is 18.9 Å². The molecule has 1 aliphatic carbocycles. The average Bonchev–Trinajstić information content (AvgIpc) is 2.52. The zero-order valence-corrected chi connectivity index (χ0v) is 12.3. The summed E-state index contributed by atoms with van der Waals surface area (Å²) in [5, 5.41) is 2.86.